The lowest BCUT2D eigenvalue weighted by Crippen LogP contribution is -2.19. The molecule has 3 aliphatic carbocycles. The van der Waals surface area contributed by atoms with Crippen LogP contribution < -0.4 is 0 Å². The van der Waals surface area contributed by atoms with Crippen molar-refractivity contribution in [1.82, 2.24) is 0 Å². The summed E-state index contributed by atoms with van der Waals surface area (Å²) in [4.78, 5) is 0. The molecule has 0 saturated heterocycles. The van der Waals surface area contributed by atoms with Crippen LogP contribution in [0.15, 0.2) is 0 Å². The van der Waals surface area contributed by atoms with Crippen LogP contribution in [0.5, 0.6) is 0 Å². The monoisotopic (exact) mass is 264 g/mol. The van der Waals surface area contributed by atoms with Crippen molar-refractivity contribution in [3.8, 4) is 0 Å². The highest BCUT2D eigenvalue weighted by Gasteiger charge is 2.90. The van der Waals surface area contributed by atoms with Crippen molar-refractivity contribution >= 4 is 31.9 Å². The SMILES string of the molecule is BrC1(Br)C2(CCC2)C12CC2. The molecule has 0 N–H and O–H groups in total. The van der Waals surface area contributed by atoms with Gasteiger partial charge < -0.3 is 0 Å². The lowest BCUT2D eigenvalue weighted by Gasteiger charge is -2.28. The summed E-state index contributed by atoms with van der Waals surface area (Å²) in [7, 11) is 0. The van der Waals surface area contributed by atoms with Crippen LogP contribution >= 0.6 is 31.9 Å². The Kier molecular flexibility index (Phi) is 0.902. The van der Waals surface area contributed by atoms with E-state index in [4.69, 9.17) is 0 Å². The van der Waals surface area contributed by atoms with Crippen LogP contribution in [0.4, 0.5) is 0 Å². The van der Waals surface area contributed by atoms with Gasteiger partial charge in [-0.2, -0.15) is 0 Å². The Morgan fingerprint density at radius 2 is 1.30 bits per heavy atom. The summed E-state index contributed by atoms with van der Waals surface area (Å²) >= 11 is 7.64. The zero-order valence-electron chi connectivity index (χ0n) is 5.79. The average molecular weight is 266 g/mol. The van der Waals surface area contributed by atoms with Crippen LogP contribution in [0.1, 0.15) is 32.1 Å². The van der Waals surface area contributed by atoms with Crippen molar-refractivity contribution in [3.05, 3.63) is 0 Å². The zero-order chi connectivity index (χ0) is 7.04. The maximum absolute atomic E-state index is 3.82. The van der Waals surface area contributed by atoms with Crippen molar-refractivity contribution in [2.24, 2.45) is 10.8 Å². The molecule has 2 spiro atoms. The van der Waals surface area contributed by atoms with Crippen LogP contribution in [0.3, 0.4) is 0 Å². The number of fused-ring (bicyclic) bond motifs is 1. The van der Waals surface area contributed by atoms with Crippen molar-refractivity contribution in [1.29, 1.82) is 0 Å². The maximum atomic E-state index is 3.82. The van der Waals surface area contributed by atoms with E-state index in [9.17, 15) is 0 Å². The topological polar surface area (TPSA) is 0 Å². The van der Waals surface area contributed by atoms with Crippen molar-refractivity contribution in [2.45, 2.75) is 35.3 Å². The molecule has 0 atom stereocenters. The smallest absolute Gasteiger partial charge is 0.0714 e. The third-order valence-corrected chi connectivity index (χ3v) is 7.05. The van der Waals surface area contributed by atoms with E-state index in [1.807, 2.05) is 0 Å². The number of rotatable bonds is 0. The fourth-order valence-electron chi connectivity index (χ4n) is 2.98. The second-order valence-corrected chi connectivity index (χ2v) is 7.54. The van der Waals surface area contributed by atoms with E-state index < -0.39 is 0 Å². The highest BCUT2D eigenvalue weighted by Crippen LogP contribution is 2.95. The van der Waals surface area contributed by atoms with Gasteiger partial charge in [-0.25, -0.2) is 0 Å². The first-order chi connectivity index (χ1) is 4.66. The average Bonchev–Trinajstić information content (AvgIpc) is 2.47. The molecule has 0 bridgehead atoms. The molecule has 3 aliphatic rings. The molecule has 0 unspecified atom stereocenters. The molecule has 0 aromatic heterocycles. The van der Waals surface area contributed by atoms with Crippen LogP contribution in [0.25, 0.3) is 0 Å². The summed E-state index contributed by atoms with van der Waals surface area (Å²) in [5.74, 6) is 0. The van der Waals surface area contributed by atoms with Gasteiger partial charge in [0.2, 0.25) is 0 Å². The van der Waals surface area contributed by atoms with E-state index in [1.54, 1.807) is 0 Å². The summed E-state index contributed by atoms with van der Waals surface area (Å²) in [5, 5.41) is 0. The maximum Gasteiger partial charge on any atom is 0.0929 e. The van der Waals surface area contributed by atoms with Gasteiger partial charge in [0.25, 0.3) is 0 Å². The fourth-order valence-corrected chi connectivity index (χ4v) is 5.89. The second-order valence-electron chi connectivity index (χ2n) is 4.09. The van der Waals surface area contributed by atoms with Crippen molar-refractivity contribution in [2.75, 3.05) is 0 Å². The minimum Gasteiger partial charge on any atom is -0.0714 e. The molecule has 0 aliphatic heterocycles. The molecule has 0 aromatic rings. The van der Waals surface area contributed by atoms with E-state index in [0.717, 1.165) is 5.41 Å². The Balaban J connectivity index is 2.03. The molecule has 3 rings (SSSR count). The van der Waals surface area contributed by atoms with Crippen molar-refractivity contribution < 1.29 is 0 Å². The summed E-state index contributed by atoms with van der Waals surface area (Å²) < 4.78 is 0.373. The molecule has 0 amide bonds. The molecular formula is C8H10Br2. The Hall–Kier alpha value is 0.960. The summed E-state index contributed by atoms with van der Waals surface area (Å²) in [6, 6.07) is 0. The summed E-state index contributed by atoms with van der Waals surface area (Å²) in [6.07, 6.45) is 7.31. The first-order valence-corrected chi connectivity index (χ1v) is 5.63. The van der Waals surface area contributed by atoms with Crippen LogP contribution in [-0.4, -0.2) is 3.23 Å². The van der Waals surface area contributed by atoms with Gasteiger partial charge in [0.05, 0.1) is 3.23 Å². The molecule has 2 heteroatoms. The number of halogens is 2. The van der Waals surface area contributed by atoms with E-state index in [-0.39, 0.29) is 0 Å². The van der Waals surface area contributed by atoms with E-state index in [2.05, 4.69) is 31.9 Å². The third-order valence-electron chi connectivity index (χ3n) is 4.01. The van der Waals surface area contributed by atoms with Gasteiger partial charge in [-0.05, 0) is 25.7 Å². The Morgan fingerprint density at radius 3 is 1.40 bits per heavy atom. The fraction of sp³-hybridized carbons (Fsp3) is 1.00. The molecule has 0 nitrogen and oxygen atoms in total. The minimum absolute atomic E-state index is 0.373. The first kappa shape index (κ1) is 6.47. The highest BCUT2D eigenvalue weighted by atomic mass is 79.9. The van der Waals surface area contributed by atoms with Gasteiger partial charge in [-0.15, -0.1) is 0 Å². The molecule has 56 valence electrons. The standard InChI is InChI=1S/C8H10Br2/c9-8(10)6(2-1-3-6)7(8)4-5-7/h1-5H2. The Labute approximate surface area is 78.0 Å². The predicted molar refractivity (Wildman–Crippen MR) is 48.5 cm³/mol. The van der Waals surface area contributed by atoms with Crippen LogP contribution in [0.2, 0.25) is 0 Å². The number of hydrogen-bond donors (Lipinski definition) is 0. The van der Waals surface area contributed by atoms with Gasteiger partial charge in [-0.3, -0.25) is 0 Å². The number of alkyl halides is 2. The molecule has 10 heavy (non-hydrogen) atoms. The molecule has 0 aromatic carbocycles. The third kappa shape index (κ3) is 0.374. The quantitative estimate of drug-likeness (QED) is 0.589. The lowest BCUT2D eigenvalue weighted by molar-refractivity contribution is 0.251. The van der Waals surface area contributed by atoms with Gasteiger partial charge in [0.15, 0.2) is 0 Å². The van der Waals surface area contributed by atoms with E-state index >= 15 is 0 Å². The summed E-state index contributed by atoms with van der Waals surface area (Å²) in [6.45, 7) is 0. The first-order valence-electron chi connectivity index (χ1n) is 4.04. The number of hydrogen-bond acceptors (Lipinski definition) is 0. The van der Waals surface area contributed by atoms with E-state index in [0.29, 0.717) is 8.65 Å². The lowest BCUT2D eigenvalue weighted by atomic mass is 9.79. The molecule has 0 radical (unpaired) electrons. The zero-order valence-corrected chi connectivity index (χ0v) is 8.96. The van der Waals surface area contributed by atoms with Gasteiger partial charge >= 0.3 is 0 Å². The Bertz CT molecular complexity index is 193. The molecular weight excluding hydrogens is 256 g/mol. The highest BCUT2D eigenvalue weighted by molar-refractivity contribution is 9.25. The Morgan fingerprint density at radius 1 is 0.800 bits per heavy atom. The van der Waals surface area contributed by atoms with Gasteiger partial charge in [0.1, 0.15) is 0 Å². The van der Waals surface area contributed by atoms with Gasteiger partial charge in [0, 0.05) is 10.8 Å². The molecule has 0 heterocycles. The predicted octanol–water partition coefficient (Wildman–Crippen LogP) is 3.44. The second kappa shape index (κ2) is 1.39. The van der Waals surface area contributed by atoms with Gasteiger partial charge in [-0.1, -0.05) is 38.3 Å². The minimum atomic E-state index is 0.373. The molecule has 3 saturated carbocycles. The van der Waals surface area contributed by atoms with Crippen LogP contribution in [0, 0.1) is 10.8 Å². The van der Waals surface area contributed by atoms with E-state index in [1.165, 1.54) is 32.1 Å². The van der Waals surface area contributed by atoms with Crippen LogP contribution in [-0.2, 0) is 0 Å². The molecule has 3 fully saturated rings. The summed E-state index contributed by atoms with van der Waals surface area (Å²) in [5.41, 5.74) is 1.43. The normalized spacial score (nSPS) is 41.4. The largest absolute Gasteiger partial charge is 0.0929 e. The van der Waals surface area contributed by atoms with Crippen molar-refractivity contribution in [3.63, 3.8) is 0 Å².